The van der Waals surface area contributed by atoms with Crippen LogP contribution in [0.1, 0.15) is 0 Å². The van der Waals surface area contributed by atoms with Crippen LogP contribution in [-0.4, -0.2) is 0 Å². The summed E-state index contributed by atoms with van der Waals surface area (Å²) in [6, 6.07) is 85.0. The molecule has 0 atom stereocenters. The quantitative estimate of drug-likeness (QED) is 0.145. The second-order valence-corrected chi connectivity index (χ2v) is 13.7. The van der Waals surface area contributed by atoms with E-state index in [1.807, 2.05) is 0 Å². The minimum Gasteiger partial charge on any atom is -0.309 e. The summed E-state index contributed by atoms with van der Waals surface area (Å²) >= 11 is 0. The van der Waals surface area contributed by atoms with Gasteiger partial charge in [-0.05, 0) is 79.9 Å². The molecule has 0 aliphatic rings. The van der Waals surface area contributed by atoms with Gasteiger partial charge in [-0.2, -0.15) is 0 Å². The van der Waals surface area contributed by atoms with Crippen molar-refractivity contribution in [3.05, 3.63) is 237 Å². The number of nitrogens with zero attached hydrogens (tertiary/aromatic N) is 1. The molecule has 0 saturated heterocycles. The Hall–Kier alpha value is -7.22. The van der Waals surface area contributed by atoms with Gasteiger partial charge < -0.3 is 4.90 Å². The third-order valence-corrected chi connectivity index (χ3v) is 10.3. The predicted octanol–water partition coefficient (Wildman–Crippen LogP) is 15.2. The fraction of sp³-hybridized carbons (Fsp3) is 0. The second-order valence-electron chi connectivity index (χ2n) is 13.7. The van der Waals surface area contributed by atoms with Crippen molar-refractivity contribution < 1.29 is 0 Å². The first-order valence-corrected chi connectivity index (χ1v) is 18.9. The monoisotopic (exact) mass is 701 g/mol. The fourth-order valence-electron chi connectivity index (χ4n) is 7.78. The number of anilines is 3. The molecule has 9 rings (SSSR count). The van der Waals surface area contributed by atoms with Crippen LogP contribution in [0.25, 0.3) is 66.8 Å². The summed E-state index contributed by atoms with van der Waals surface area (Å²) in [7, 11) is 0. The van der Waals surface area contributed by atoms with E-state index in [0.29, 0.717) is 0 Å². The van der Waals surface area contributed by atoms with Gasteiger partial charge in [-0.1, -0.05) is 212 Å². The fourth-order valence-corrected chi connectivity index (χ4v) is 7.78. The topological polar surface area (TPSA) is 3.24 Å². The van der Waals surface area contributed by atoms with Crippen LogP contribution in [-0.2, 0) is 0 Å². The van der Waals surface area contributed by atoms with Crippen molar-refractivity contribution >= 4 is 17.1 Å². The van der Waals surface area contributed by atoms with Crippen LogP contribution in [0, 0.1) is 0 Å². The Balaban J connectivity index is 1.24. The number of para-hydroxylation sites is 1. The molecule has 1 nitrogen and oxygen atoms in total. The van der Waals surface area contributed by atoms with E-state index in [9.17, 15) is 0 Å². The molecule has 260 valence electrons. The minimum absolute atomic E-state index is 1.08. The van der Waals surface area contributed by atoms with Gasteiger partial charge >= 0.3 is 0 Å². The number of hydrogen-bond acceptors (Lipinski definition) is 1. The molecular formula is C54H39N. The van der Waals surface area contributed by atoms with E-state index in [1.165, 1.54) is 66.8 Å². The third kappa shape index (κ3) is 6.76. The Kier molecular flexibility index (Phi) is 9.41. The molecular weight excluding hydrogens is 663 g/mol. The molecule has 0 bridgehead atoms. The molecule has 1 heteroatoms. The highest BCUT2D eigenvalue weighted by atomic mass is 15.1. The second kappa shape index (κ2) is 15.4. The van der Waals surface area contributed by atoms with Crippen molar-refractivity contribution in [2.75, 3.05) is 4.90 Å². The van der Waals surface area contributed by atoms with E-state index >= 15 is 0 Å². The van der Waals surface area contributed by atoms with Crippen LogP contribution in [0.4, 0.5) is 17.1 Å². The standard InChI is InChI=1S/C54H39N/c1-5-20-40(21-6-1)46-28-13-15-31-50(46)51-32-16-14-29-47(51)43-36-38-45(39-37-43)55(52-34-18-17-30-48(52)41-22-7-2-8-23-41)53-35-19-33-49(42-24-9-3-10-25-42)54(53)44-26-11-4-12-27-44/h1-39H. The first-order chi connectivity index (χ1) is 27.3. The van der Waals surface area contributed by atoms with Crippen LogP contribution in [0.5, 0.6) is 0 Å². The van der Waals surface area contributed by atoms with Gasteiger partial charge in [0.2, 0.25) is 0 Å². The van der Waals surface area contributed by atoms with Crippen molar-refractivity contribution in [2.45, 2.75) is 0 Å². The Bertz CT molecular complexity index is 2670. The highest BCUT2D eigenvalue weighted by molar-refractivity contribution is 5.99. The van der Waals surface area contributed by atoms with Gasteiger partial charge in [0.25, 0.3) is 0 Å². The molecule has 0 saturated carbocycles. The highest BCUT2D eigenvalue weighted by Gasteiger charge is 2.23. The van der Waals surface area contributed by atoms with Gasteiger partial charge in [0.15, 0.2) is 0 Å². The molecule has 0 aromatic heterocycles. The molecule has 0 radical (unpaired) electrons. The zero-order valence-corrected chi connectivity index (χ0v) is 30.5. The molecule has 0 unspecified atom stereocenters. The summed E-state index contributed by atoms with van der Waals surface area (Å²) in [6.45, 7) is 0. The van der Waals surface area contributed by atoms with Crippen molar-refractivity contribution in [2.24, 2.45) is 0 Å². The number of hydrogen-bond donors (Lipinski definition) is 0. The van der Waals surface area contributed by atoms with Gasteiger partial charge in [0.05, 0.1) is 11.4 Å². The van der Waals surface area contributed by atoms with Gasteiger partial charge in [0.1, 0.15) is 0 Å². The van der Waals surface area contributed by atoms with E-state index in [1.54, 1.807) is 0 Å². The van der Waals surface area contributed by atoms with Crippen LogP contribution >= 0.6 is 0 Å². The van der Waals surface area contributed by atoms with Gasteiger partial charge in [-0.3, -0.25) is 0 Å². The lowest BCUT2D eigenvalue weighted by Crippen LogP contribution is -2.13. The lowest BCUT2D eigenvalue weighted by Gasteiger charge is -2.31. The smallest absolute Gasteiger partial charge is 0.0546 e. The maximum absolute atomic E-state index is 2.44. The van der Waals surface area contributed by atoms with Gasteiger partial charge in [0, 0.05) is 16.8 Å². The number of rotatable bonds is 9. The molecule has 9 aromatic rings. The van der Waals surface area contributed by atoms with E-state index < -0.39 is 0 Å². The first-order valence-electron chi connectivity index (χ1n) is 18.9. The minimum atomic E-state index is 1.08. The van der Waals surface area contributed by atoms with Crippen LogP contribution in [0.3, 0.4) is 0 Å². The average molecular weight is 702 g/mol. The van der Waals surface area contributed by atoms with E-state index in [0.717, 1.165) is 17.1 Å². The normalized spacial score (nSPS) is 10.9. The SMILES string of the molecule is c1ccc(-c2ccccc2-c2ccccc2-c2ccc(N(c3ccccc3-c3ccccc3)c3cccc(-c4ccccc4)c3-c3ccccc3)cc2)cc1. The Morgan fingerprint density at radius 1 is 0.200 bits per heavy atom. The lowest BCUT2D eigenvalue weighted by molar-refractivity contribution is 1.28. The van der Waals surface area contributed by atoms with Crippen molar-refractivity contribution in [3.63, 3.8) is 0 Å². The maximum Gasteiger partial charge on any atom is 0.0546 e. The molecule has 0 N–H and O–H groups in total. The molecule has 9 aromatic carbocycles. The maximum atomic E-state index is 2.44. The molecule has 0 aliphatic carbocycles. The Morgan fingerprint density at radius 2 is 0.545 bits per heavy atom. The van der Waals surface area contributed by atoms with Gasteiger partial charge in [-0.25, -0.2) is 0 Å². The Morgan fingerprint density at radius 3 is 1.07 bits per heavy atom. The summed E-state index contributed by atoms with van der Waals surface area (Å²) in [4.78, 5) is 2.44. The summed E-state index contributed by atoms with van der Waals surface area (Å²) in [5.41, 5.74) is 17.6. The molecule has 0 heterocycles. The zero-order chi connectivity index (χ0) is 36.8. The number of benzene rings is 9. The summed E-state index contributed by atoms with van der Waals surface area (Å²) in [5.74, 6) is 0. The first kappa shape index (κ1) is 33.6. The summed E-state index contributed by atoms with van der Waals surface area (Å²) in [5, 5.41) is 0. The van der Waals surface area contributed by atoms with Crippen molar-refractivity contribution in [1.82, 2.24) is 0 Å². The Labute approximate surface area is 324 Å². The molecule has 55 heavy (non-hydrogen) atoms. The van der Waals surface area contributed by atoms with Gasteiger partial charge in [-0.15, -0.1) is 0 Å². The zero-order valence-electron chi connectivity index (χ0n) is 30.5. The average Bonchev–Trinajstić information content (AvgIpc) is 3.28. The van der Waals surface area contributed by atoms with Crippen molar-refractivity contribution in [3.8, 4) is 66.8 Å². The summed E-state index contributed by atoms with van der Waals surface area (Å²) < 4.78 is 0. The molecule has 0 aliphatic heterocycles. The summed E-state index contributed by atoms with van der Waals surface area (Å²) in [6.07, 6.45) is 0. The highest BCUT2D eigenvalue weighted by Crippen LogP contribution is 2.48. The van der Waals surface area contributed by atoms with E-state index in [4.69, 9.17) is 0 Å². The third-order valence-electron chi connectivity index (χ3n) is 10.3. The van der Waals surface area contributed by atoms with E-state index in [2.05, 4.69) is 241 Å². The molecule has 0 fully saturated rings. The molecule has 0 spiro atoms. The van der Waals surface area contributed by atoms with E-state index in [-0.39, 0.29) is 0 Å². The van der Waals surface area contributed by atoms with Crippen LogP contribution in [0.15, 0.2) is 237 Å². The largest absolute Gasteiger partial charge is 0.309 e. The van der Waals surface area contributed by atoms with Crippen LogP contribution in [0.2, 0.25) is 0 Å². The van der Waals surface area contributed by atoms with Crippen molar-refractivity contribution in [1.29, 1.82) is 0 Å². The molecule has 0 amide bonds. The predicted molar refractivity (Wildman–Crippen MR) is 234 cm³/mol. The van der Waals surface area contributed by atoms with Crippen LogP contribution < -0.4 is 4.90 Å². The lowest BCUT2D eigenvalue weighted by atomic mass is 9.89.